The Balaban J connectivity index is 2.04. The van der Waals surface area contributed by atoms with E-state index in [0.717, 1.165) is 19.3 Å². The van der Waals surface area contributed by atoms with Crippen LogP contribution in [0, 0.1) is 5.92 Å². The van der Waals surface area contributed by atoms with Gasteiger partial charge in [-0.3, -0.25) is 0 Å². The highest BCUT2D eigenvalue weighted by Crippen LogP contribution is 2.29. The molecule has 0 aliphatic heterocycles. The van der Waals surface area contributed by atoms with Crippen LogP contribution in [0.4, 0.5) is 8.78 Å². The largest absolute Gasteiger partial charge is 0.475 e. The molecule has 1 fully saturated rings. The van der Waals surface area contributed by atoms with Crippen molar-refractivity contribution in [2.75, 3.05) is 0 Å². The van der Waals surface area contributed by atoms with Crippen LogP contribution in [0.1, 0.15) is 60.7 Å². The molecular weight excluding hydrogens is 244 g/mol. The van der Waals surface area contributed by atoms with Gasteiger partial charge in [0, 0.05) is 6.42 Å². The number of hydrogen-bond donors (Lipinski definition) is 1. The number of oxazole rings is 1. The van der Waals surface area contributed by atoms with Gasteiger partial charge < -0.3 is 9.52 Å². The molecule has 1 N–H and O–H groups in total. The molecule has 0 aromatic carbocycles. The summed E-state index contributed by atoms with van der Waals surface area (Å²) in [5.41, 5.74) is -0.760. The summed E-state index contributed by atoms with van der Waals surface area (Å²) in [6.45, 7) is 0. The van der Waals surface area contributed by atoms with Crippen molar-refractivity contribution in [2.45, 2.75) is 45.0 Å². The maximum Gasteiger partial charge on any atom is 0.374 e. The summed E-state index contributed by atoms with van der Waals surface area (Å²) >= 11 is 0. The lowest BCUT2D eigenvalue weighted by Crippen LogP contribution is -1.99. The normalized spacial score (nSPS) is 16.6. The van der Waals surface area contributed by atoms with Crippen LogP contribution >= 0.6 is 0 Å². The fraction of sp³-hybridized carbons (Fsp3) is 0.667. The van der Waals surface area contributed by atoms with Crippen LogP contribution < -0.4 is 0 Å². The first kappa shape index (κ1) is 13.0. The van der Waals surface area contributed by atoms with Crippen molar-refractivity contribution in [3.63, 3.8) is 0 Å². The second kappa shape index (κ2) is 5.46. The van der Waals surface area contributed by atoms with Gasteiger partial charge in [0.25, 0.3) is 6.43 Å². The third-order valence-electron chi connectivity index (χ3n) is 3.34. The average Bonchev–Trinajstić information content (AvgIpc) is 2.95. The molecule has 1 heterocycles. The summed E-state index contributed by atoms with van der Waals surface area (Å²) < 4.78 is 30.0. The SMILES string of the molecule is O=C(O)c1oc(CCC2CCCC2)nc1C(F)F. The maximum atomic E-state index is 12.6. The highest BCUT2D eigenvalue weighted by atomic mass is 19.3. The minimum atomic E-state index is -2.92. The first-order valence-corrected chi connectivity index (χ1v) is 6.09. The minimum Gasteiger partial charge on any atom is -0.475 e. The molecule has 1 aliphatic rings. The van der Waals surface area contributed by atoms with E-state index in [1.807, 2.05) is 0 Å². The van der Waals surface area contributed by atoms with Crippen LogP contribution in [0.25, 0.3) is 0 Å². The summed E-state index contributed by atoms with van der Waals surface area (Å²) in [6.07, 6.45) is 3.04. The van der Waals surface area contributed by atoms with Crippen LogP contribution in [-0.4, -0.2) is 16.1 Å². The molecule has 6 heteroatoms. The number of hydrogen-bond acceptors (Lipinski definition) is 3. The number of carboxylic acids is 1. The molecule has 0 spiro atoms. The molecule has 1 aromatic heterocycles. The first-order valence-electron chi connectivity index (χ1n) is 6.09. The Bertz CT molecular complexity index is 425. The summed E-state index contributed by atoms with van der Waals surface area (Å²) in [6, 6.07) is 0. The van der Waals surface area contributed by atoms with Crippen LogP contribution in [0.2, 0.25) is 0 Å². The molecular formula is C12H15F2NO3. The lowest BCUT2D eigenvalue weighted by atomic mass is 10.0. The third-order valence-corrected chi connectivity index (χ3v) is 3.34. The van der Waals surface area contributed by atoms with E-state index in [4.69, 9.17) is 9.52 Å². The zero-order valence-corrected chi connectivity index (χ0v) is 9.86. The lowest BCUT2D eigenvalue weighted by molar-refractivity contribution is 0.0644. The maximum absolute atomic E-state index is 12.6. The Morgan fingerprint density at radius 1 is 1.44 bits per heavy atom. The number of halogens is 2. The Morgan fingerprint density at radius 3 is 2.61 bits per heavy atom. The molecule has 2 rings (SSSR count). The van der Waals surface area contributed by atoms with Crippen molar-refractivity contribution in [3.8, 4) is 0 Å². The van der Waals surface area contributed by atoms with Gasteiger partial charge in [-0.05, 0) is 12.3 Å². The van der Waals surface area contributed by atoms with E-state index < -0.39 is 23.8 Å². The van der Waals surface area contributed by atoms with Crippen molar-refractivity contribution in [3.05, 3.63) is 17.3 Å². The Labute approximate surface area is 103 Å². The molecule has 0 amide bonds. The number of alkyl halides is 2. The zero-order valence-electron chi connectivity index (χ0n) is 9.86. The molecule has 1 saturated carbocycles. The van der Waals surface area contributed by atoms with Crippen LogP contribution in [0.5, 0.6) is 0 Å². The zero-order chi connectivity index (χ0) is 13.1. The lowest BCUT2D eigenvalue weighted by Gasteiger charge is -2.05. The van der Waals surface area contributed by atoms with Crippen molar-refractivity contribution in [1.82, 2.24) is 4.98 Å². The summed E-state index contributed by atoms with van der Waals surface area (Å²) in [5, 5.41) is 8.74. The number of nitrogens with zero attached hydrogens (tertiary/aromatic N) is 1. The average molecular weight is 259 g/mol. The number of rotatable bonds is 5. The molecule has 4 nitrogen and oxygen atoms in total. The predicted octanol–water partition coefficient (Wildman–Crippen LogP) is 3.43. The van der Waals surface area contributed by atoms with Crippen LogP contribution in [-0.2, 0) is 6.42 Å². The van der Waals surface area contributed by atoms with E-state index in [2.05, 4.69) is 4.98 Å². The van der Waals surface area contributed by atoms with E-state index in [-0.39, 0.29) is 5.89 Å². The molecule has 1 aliphatic carbocycles. The van der Waals surface area contributed by atoms with Crippen LogP contribution in [0.15, 0.2) is 4.42 Å². The number of carbonyl (C=O) groups is 1. The fourth-order valence-corrected chi connectivity index (χ4v) is 2.41. The molecule has 0 unspecified atom stereocenters. The van der Waals surface area contributed by atoms with Gasteiger partial charge in [-0.25, -0.2) is 18.6 Å². The third kappa shape index (κ3) is 2.86. The van der Waals surface area contributed by atoms with Gasteiger partial charge >= 0.3 is 5.97 Å². The van der Waals surface area contributed by atoms with Crippen molar-refractivity contribution < 1.29 is 23.1 Å². The van der Waals surface area contributed by atoms with Crippen molar-refractivity contribution in [1.29, 1.82) is 0 Å². The van der Waals surface area contributed by atoms with E-state index >= 15 is 0 Å². The van der Waals surface area contributed by atoms with Crippen molar-refractivity contribution >= 4 is 5.97 Å². The number of aryl methyl sites for hydroxylation is 1. The molecule has 0 atom stereocenters. The Morgan fingerprint density at radius 2 is 2.11 bits per heavy atom. The van der Waals surface area contributed by atoms with E-state index in [1.54, 1.807) is 0 Å². The molecule has 18 heavy (non-hydrogen) atoms. The number of aromatic carboxylic acids is 1. The number of aromatic nitrogens is 1. The quantitative estimate of drug-likeness (QED) is 0.879. The summed E-state index contributed by atoms with van der Waals surface area (Å²) in [7, 11) is 0. The van der Waals surface area contributed by atoms with Gasteiger partial charge in [-0.2, -0.15) is 0 Å². The van der Waals surface area contributed by atoms with Crippen molar-refractivity contribution in [2.24, 2.45) is 5.92 Å². The Kier molecular flexibility index (Phi) is 3.93. The van der Waals surface area contributed by atoms with E-state index in [0.29, 0.717) is 12.3 Å². The Hall–Kier alpha value is -1.46. The monoisotopic (exact) mass is 259 g/mol. The molecule has 0 radical (unpaired) electrons. The second-order valence-corrected chi connectivity index (χ2v) is 4.62. The minimum absolute atomic E-state index is 0.106. The van der Waals surface area contributed by atoms with E-state index in [1.165, 1.54) is 12.8 Å². The van der Waals surface area contributed by atoms with Gasteiger partial charge in [0.15, 0.2) is 11.6 Å². The molecule has 0 bridgehead atoms. The van der Waals surface area contributed by atoms with Gasteiger partial charge in [0.1, 0.15) is 0 Å². The van der Waals surface area contributed by atoms with Gasteiger partial charge in [0.2, 0.25) is 5.76 Å². The first-order chi connectivity index (χ1) is 8.58. The second-order valence-electron chi connectivity index (χ2n) is 4.62. The number of carboxylic acid groups (broad SMARTS) is 1. The molecule has 1 aromatic rings. The fourth-order valence-electron chi connectivity index (χ4n) is 2.41. The van der Waals surface area contributed by atoms with Crippen LogP contribution in [0.3, 0.4) is 0 Å². The highest BCUT2D eigenvalue weighted by Gasteiger charge is 2.26. The molecule has 0 saturated heterocycles. The van der Waals surface area contributed by atoms with Gasteiger partial charge in [-0.15, -0.1) is 0 Å². The summed E-state index contributed by atoms with van der Waals surface area (Å²) in [4.78, 5) is 14.3. The molecule has 100 valence electrons. The van der Waals surface area contributed by atoms with Gasteiger partial charge in [-0.1, -0.05) is 25.7 Å². The summed E-state index contributed by atoms with van der Waals surface area (Å²) in [5.74, 6) is -1.54. The van der Waals surface area contributed by atoms with E-state index in [9.17, 15) is 13.6 Å². The predicted molar refractivity (Wildman–Crippen MR) is 58.7 cm³/mol. The van der Waals surface area contributed by atoms with Gasteiger partial charge in [0.05, 0.1) is 0 Å². The standard InChI is InChI=1S/C12H15F2NO3/c13-11(14)9-10(12(16)17)18-8(15-9)6-5-7-3-1-2-4-7/h7,11H,1-6H2,(H,16,17). The highest BCUT2D eigenvalue weighted by molar-refractivity contribution is 5.85. The smallest absolute Gasteiger partial charge is 0.374 e. The topological polar surface area (TPSA) is 63.3 Å².